The van der Waals surface area contributed by atoms with Crippen LogP contribution in [0, 0.1) is 0 Å². The number of pyridine rings is 3. The maximum absolute atomic E-state index is 12.4. The van der Waals surface area contributed by atoms with Crippen LogP contribution in [0.4, 0.5) is 0 Å². The zero-order valence-corrected chi connectivity index (χ0v) is 17.7. The molecule has 0 aliphatic rings. The molecule has 0 saturated carbocycles. The Balaban J connectivity index is 1.39. The number of benzene rings is 2. The largest absolute Gasteiger partial charge is 0.440 e. The fraction of sp³-hybridized carbons (Fsp3) is 0. The lowest BCUT2D eigenvalue weighted by atomic mass is 10.2. The van der Waals surface area contributed by atoms with Crippen LogP contribution in [0.15, 0.2) is 100 Å². The van der Waals surface area contributed by atoms with Crippen LogP contribution < -0.4 is 10.2 Å². The minimum Gasteiger partial charge on any atom is -0.440 e. The molecule has 162 valence electrons. The van der Waals surface area contributed by atoms with Gasteiger partial charge in [-0.15, -0.1) is 0 Å². The van der Waals surface area contributed by atoms with Crippen molar-refractivity contribution in [3.8, 4) is 17.4 Å². The van der Waals surface area contributed by atoms with Gasteiger partial charge in [0.25, 0.3) is 0 Å². The molecule has 0 aliphatic heterocycles. The van der Waals surface area contributed by atoms with Crippen LogP contribution in [0.2, 0.25) is 0 Å². The second kappa shape index (κ2) is 7.05. The van der Waals surface area contributed by atoms with Crippen LogP contribution in [0.3, 0.4) is 0 Å². The highest BCUT2D eigenvalue weighted by atomic mass is 16.5. The second-order valence-corrected chi connectivity index (χ2v) is 7.97. The first-order valence-corrected chi connectivity index (χ1v) is 10.8. The molecule has 1 N–H and O–H groups in total. The van der Waals surface area contributed by atoms with Crippen LogP contribution in [0.1, 0.15) is 0 Å². The number of fused-ring (bicyclic) bond motifs is 6. The van der Waals surface area contributed by atoms with Gasteiger partial charge in [-0.2, -0.15) is 4.98 Å². The zero-order valence-electron chi connectivity index (χ0n) is 17.7. The molecule has 5 aromatic heterocycles. The van der Waals surface area contributed by atoms with E-state index in [9.17, 15) is 4.79 Å². The van der Waals surface area contributed by atoms with Gasteiger partial charge >= 0.3 is 0 Å². The lowest BCUT2D eigenvalue weighted by Gasteiger charge is -2.08. The molecule has 0 amide bonds. The fourth-order valence-electron chi connectivity index (χ4n) is 4.48. The molecule has 0 fully saturated rings. The van der Waals surface area contributed by atoms with Gasteiger partial charge in [0.05, 0.1) is 10.9 Å². The van der Waals surface area contributed by atoms with E-state index in [-0.39, 0.29) is 5.43 Å². The highest BCUT2D eigenvalue weighted by Crippen LogP contribution is 2.34. The lowest BCUT2D eigenvalue weighted by Crippen LogP contribution is -1.99. The van der Waals surface area contributed by atoms with Gasteiger partial charge in [-0.1, -0.05) is 24.3 Å². The summed E-state index contributed by atoms with van der Waals surface area (Å²) in [6.45, 7) is 0. The molecule has 7 nitrogen and oxygen atoms in total. The number of hydrogen-bond donors (Lipinski definition) is 1. The zero-order chi connectivity index (χ0) is 22.6. The van der Waals surface area contributed by atoms with E-state index in [2.05, 4.69) is 22.1 Å². The highest BCUT2D eigenvalue weighted by Gasteiger charge is 2.16. The van der Waals surface area contributed by atoms with Crippen molar-refractivity contribution in [1.29, 1.82) is 0 Å². The Hall–Kier alpha value is -4.91. The molecule has 7 aromatic rings. The third-order valence-electron chi connectivity index (χ3n) is 5.95. The molecule has 0 spiro atoms. The molecule has 7 heteroatoms. The van der Waals surface area contributed by atoms with Gasteiger partial charge in [0.1, 0.15) is 17.2 Å². The number of furan rings is 1. The Kier molecular flexibility index (Phi) is 3.86. The highest BCUT2D eigenvalue weighted by molar-refractivity contribution is 6.08. The SMILES string of the molecule is O=c1cc[nH]c2oc3ccc(Oc4ccc5c6ccccc6n(-c6ccccn6)c5n4)cc3c12. The predicted molar refractivity (Wildman–Crippen MR) is 131 cm³/mol. The van der Waals surface area contributed by atoms with Gasteiger partial charge in [0.2, 0.25) is 11.6 Å². The molecule has 0 saturated heterocycles. The van der Waals surface area contributed by atoms with E-state index < -0.39 is 0 Å². The Morgan fingerprint density at radius 3 is 2.71 bits per heavy atom. The van der Waals surface area contributed by atoms with E-state index in [1.807, 2.05) is 47.0 Å². The van der Waals surface area contributed by atoms with Crippen molar-refractivity contribution in [2.75, 3.05) is 0 Å². The topological polar surface area (TPSA) is 85.9 Å². The Labute approximate surface area is 191 Å². The minimum atomic E-state index is -0.107. The number of nitrogens with one attached hydrogen (secondary N) is 1. The summed E-state index contributed by atoms with van der Waals surface area (Å²) in [6.07, 6.45) is 3.34. The third-order valence-corrected chi connectivity index (χ3v) is 5.95. The number of aromatic nitrogens is 4. The van der Waals surface area contributed by atoms with Gasteiger partial charge < -0.3 is 14.1 Å². The van der Waals surface area contributed by atoms with Crippen LogP contribution in [0.5, 0.6) is 11.6 Å². The van der Waals surface area contributed by atoms with Crippen molar-refractivity contribution in [3.63, 3.8) is 0 Å². The number of hydrogen-bond acceptors (Lipinski definition) is 5. The number of rotatable bonds is 3. The van der Waals surface area contributed by atoms with Crippen LogP contribution in [-0.4, -0.2) is 19.5 Å². The van der Waals surface area contributed by atoms with Crippen LogP contribution >= 0.6 is 0 Å². The van der Waals surface area contributed by atoms with Crippen molar-refractivity contribution in [2.45, 2.75) is 0 Å². The summed E-state index contributed by atoms with van der Waals surface area (Å²) in [5.41, 5.74) is 2.72. The van der Waals surface area contributed by atoms with Crippen molar-refractivity contribution in [2.24, 2.45) is 0 Å². The Morgan fingerprint density at radius 1 is 0.882 bits per heavy atom. The van der Waals surface area contributed by atoms with Crippen molar-refractivity contribution in [1.82, 2.24) is 19.5 Å². The summed E-state index contributed by atoms with van der Waals surface area (Å²) in [7, 11) is 0. The van der Waals surface area contributed by atoms with Gasteiger partial charge in [-0.05, 0) is 42.5 Å². The lowest BCUT2D eigenvalue weighted by molar-refractivity contribution is 0.465. The van der Waals surface area contributed by atoms with E-state index in [0.717, 1.165) is 27.8 Å². The molecule has 0 aliphatic carbocycles. The molecular weight excluding hydrogens is 428 g/mol. The summed E-state index contributed by atoms with van der Waals surface area (Å²) in [5, 5.41) is 3.30. The molecule has 2 aromatic carbocycles. The Morgan fingerprint density at radius 2 is 1.79 bits per heavy atom. The molecule has 7 rings (SSSR count). The van der Waals surface area contributed by atoms with E-state index in [1.165, 1.54) is 6.07 Å². The standard InChI is InChI=1S/C27H16N4O3/c32-21-12-14-29-27-25(21)19-15-16(8-10-22(19)34-27)33-24-11-9-18-17-5-1-2-6-20(17)31(26(18)30-24)23-7-3-4-13-28-23/h1-15H,(H,29,32). The molecule has 0 bridgehead atoms. The van der Waals surface area contributed by atoms with Crippen molar-refractivity contribution >= 4 is 44.0 Å². The first-order valence-electron chi connectivity index (χ1n) is 10.8. The van der Waals surface area contributed by atoms with Crippen molar-refractivity contribution in [3.05, 3.63) is 101 Å². The summed E-state index contributed by atoms with van der Waals surface area (Å²) in [5.74, 6) is 1.78. The first kappa shape index (κ1) is 18.6. The molecular formula is C27H16N4O3. The number of para-hydroxylation sites is 1. The van der Waals surface area contributed by atoms with Crippen molar-refractivity contribution < 1.29 is 9.15 Å². The Bertz CT molecular complexity index is 1920. The molecule has 5 heterocycles. The number of H-pyrrole nitrogens is 1. The number of nitrogens with zero attached hydrogens (tertiary/aromatic N) is 3. The van der Waals surface area contributed by atoms with Crippen LogP contribution in [0.25, 0.3) is 49.8 Å². The van der Waals surface area contributed by atoms with Gasteiger partial charge in [0, 0.05) is 40.7 Å². The quantitative estimate of drug-likeness (QED) is 0.364. The van der Waals surface area contributed by atoms with Gasteiger partial charge in [-0.25, -0.2) is 4.98 Å². The number of ether oxygens (including phenoxy) is 1. The average Bonchev–Trinajstić information content (AvgIpc) is 3.40. The molecule has 0 atom stereocenters. The normalized spacial score (nSPS) is 11.6. The maximum Gasteiger partial charge on any atom is 0.221 e. The van der Waals surface area contributed by atoms with Gasteiger partial charge in [-0.3, -0.25) is 9.36 Å². The van der Waals surface area contributed by atoms with E-state index in [1.54, 1.807) is 30.6 Å². The summed E-state index contributed by atoms with van der Waals surface area (Å²) in [6, 6.07) is 24.7. The summed E-state index contributed by atoms with van der Waals surface area (Å²) >= 11 is 0. The van der Waals surface area contributed by atoms with E-state index in [4.69, 9.17) is 14.1 Å². The molecule has 0 unspecified atom stereocenters. The van der Waals surface area contributed by atoms with Gasteiger partial charge in [0.15, 0.2) is 11.1 Å². The fourth-order valence-corrected chi connectivity index (χ4v) is 4.48. The third kappa shape index (κ3) is 2.74. The summed E-state index contributed by atoms with van der Waals surface area (Å²) in [4.78, 5) is 24.7. The second-order valence-electron chi connectivity index (χ2n) is 7.97. The molecule has 0 radical (unpaired) electrons. The van der Waals surface area contributed by atoms with E-state index >= 15 is 0 Å². The molecule has 34 heavy (non-hydrogen) atoms. The number of aromatic amines is 1. The van der Waals surface area contributed by atoms with E-state index in [0.29, 0.717) is 33.7 Å². The first-order chi connectivity index (χ1) is 16.8. The maximum atomic E-state index is 12.4. The summed E-state index contributed by atoms with van der Waals surface area (Å²) < 4.78 is 13.9. The van der Waals surface area contributed by atoms with Crippen LogP contribution in [-0.2, 0) is 0 Å². The average molecular weight is 444 g/mol. The monoisotopic (exact) mass is 444 g/mol. The minimum absolute atomic E-state index is 0.107. The predicted octanol–water partition coefficient (Wildman–Crippen LogP) is 5.95. The smallest absolute Gasteiger partial charge is 0.221 e.